The van der Waals surface area contributed by atoms with Crippen molar-refractivity contribution in [1.82, 2.24) is 9.97 Å². The van der Waals surface area contributed by atoms with Crippen molar-refractivity contribution in [3.05, 3.63) is 15.9 Å². The molecule has 3 unspecified atom stereocenters. The van der Waals surface area contributed by atoms with Gasteiger partial charge < -0.3 is 20.7 Å². The van der Waals surface area contributed by atoms with Crippen LogP contribution in [0.15, 0.2) is 4.79 Å². The molecule has 0 saturated carbocycles. The van der Waals surface area contributed by atoms with Crippen LogP contribution in [0.3, 0.4) is 0 Å². The van der Waals surface area contributed by atoms with Crippen molar-refractivity contribution in [3.63, 3.8) is 0 Å². The molecule has 2 aliphatic rings. The summed E-state index contributed by atoms with van der Waals surface area (Å²) in [5.74, 6) is -0.280. The Morgan fingerprint density at radius 2 is 2.25 bits per heavy atom. The van der Waals surface area contributed by atoms with Gasteiger partial charge in [0.2, 0.25) is 11.9 Å². The Morgan fingerprint density at radius 3 is 2.90 bits per heavy atom. The van der Waals surface area contributed by atoms with E-state index in [1.165, 1.54) is 4.90 Å². The molecule has 0 spiro atoms. The Labute approximate surface area is 113 Å². The highest BCUT2D eigenvalue weighted by Crippen LogP contribution is 2.32. The van der Waals surface area contributed by atoms with Crippen LogP contribution >= 0.6 is 0 Å². The predicted octanol–water partition coefficient (Wildman–Crippen LogP) is -2.29. The van der Waals surface area contributed by atoms with Gasteiger partial charge in [0.25, 0.3) is 5.56 Å². The Balaban J connectivity index is 1.97. The van der Waals surface area contributed by atoms with Gasteiger partial charge in [-0.1, -0.05) is 0 Å². The number of H-pyrrole nitrogens is 1. The monoisotopic (exact) mass is 282 g/mol. The molecule has 20 heavy (non-hydrogen) atoms. The molecule has 0 bridgehead atoms. The Hall–Kier alpha value is -1.97. The quantitative estimate of drug-likeness (QED) is 0.478. The number of nitrogens with two attached hydrogens (primary N) is 1. The number of ether oxygens (including phenoxy) is 1. The van der Waals surface area contributed by atoms with Gasteiger partial charge in [-0.25, -0.2) is 0 Å². The van der Waals surface area contributed by atoms with Crippen molar-refractivity contribution in [3.8, 4) is 0 Å². The second-order valence-electron chi connectivity index (χ2n) is 4.81. The van der Waals surface area contributed by atoms with Gasteiger partial charge in [0.15, 0.2) is 5.82 Å². The van der Waals surface area contributed by atoms with Crippen LogP contribution < -0.4 is 16.2 Å². The van der Waals surface area contributed by atoms with Gasteiger partial charge in [-0.05, 0) is 0 Å². The van der Waals surface area contributed by atoms with Crippen molar-refractivity contribution in [2.24, 2.45) is 0 Å². The number of aromatic amines is 1. The Kier molecular flexibility index (Phi) is 2.96. The number of rotatable bonds is 2. The number of anilines is 2. The summed E-state index contributed by atoms with van der Waals surface area (Å²) in [5, 5.41) is 18.8. The molecule has 0 aliphatic carbocycles. The zero-order valence-corrected chi connectivity index (χ0v) is 10.4. The minimum atomic E-state index is -0.874. The number of nitrogens with zero attached hydrogens (tertiary/aromatic N) is 2. The SMILES string of the molecule is Nc1nc2c(c(=O)[nH]1)CC(=O)N2C1CC(O)C(CO)O1. The Morgan fingerprint density at radius 1 is 1.50 bits per heavy atom. The van der Waals surface area contributed by atoms with Crippen LogP contribution in [-0.4, -0.2) is 51.1 Å². The second kappa shape index (κ2) is 4.54. The summed E-state index contributed by atoms with van der Waals surface area (Å²) in [6.45, 7) is -0.350. The molecule has 1 amide bonds. The van der Waals surface area contributed by atoms with Crippen LogP contribution in [0.5, 0.6) is 0 Å². The van der Waals surface area contributed by atoms with Gasteiger partial charge in [0.1, 0.15) is 12.3 Å². The number of nitrogens with one attached hydrogen (secondary N) is 1. The van der Waals surface area contributed by atoms with E-state index in [9.17, 15) is 14.7 Å². The number of hydrogen-bond acceptors (Lipinski definition) is 7. The molecule has 1 fully saturated rings. The van der Waals surface area contributed by atoms with E-state index in [2.05, 4.69) is 9.97 Å². The maximum Gasteiger partial charge on any atom is 0.258 e. The van der Waals surface area contributed by atoms with Gasteiger partial charge in [-0.15, -0.1) is 0 Å². The number of aliphatic hydroxyl groups excluding tert-OH is 2. The average Bonchev–Trinajstić information content (AvgIpc) is 2.89. The van der Waals surface area contributed by atoms with Gasteiger partial charge in [0.05, 0.1) is 24.7 Å². The van der Waals surface area contributed by atoms with E-state index in [4.69, 9.17) is 15.6 Å². The molecule has 5 N–H and O–H groups in total. The maximum atomic E-state index is 12.1. The van der Waals surface area contributed by atoms with Gasteiger partial charge in [-0.2, -0.15) is 4.98 Å². The van der Waals surface area contributed by atoms with Crippen LogP contribution in [0.1, 0.15) is 12.0 Å². The molecule has 2 aliphatic heterocycles. The first-order valence-electron chi connectivity index (χ1n) is 6.16. The molecule has 3 rings (SSSR count). The molecule has 3 heterocycles. The first-order chi connectivity index (χ1) is 9.51. The Bertz CT molecular complexity index is 615. The number of fused-ring (bicyclic) bond motifs is 1. The lowest BCUT2D eigenvalue weighted by atomic mass is 10.2. The minimum Gasteiger partial charge on any atom is -0.394 e. The number of aromatic nitrogens is 2. The molecule has 9 nitrogen and oxygen atoms in total. The summed E-state index contributed by atoms with van der Waals surface area (Å²) in [5.41, 5.74) is 5.26. The van der Waals surface area contributed by atoms with Crippen molar-refractivity contribution in [1.29, 1.82) is 0 Å². The fourth-order valence-electron chi connectivity index (χ4n) is 2.55. The highest BCUT2D eigenvalue weighted by molar-refractivity contribution is 6.00. The minimum absolute atomic E-state index is 0.0856. The molecule has 1 aromatic heterocycles. The van der Waals surface area contributed by atoms with Gasteiger partial charge in [0, 0.05) is 6.42 Å². The summed E-state index contributed by atoms with van der Waals surface area (Å²) in [6.07, 6.45) is -2.33. The van der Waals surface area contributed by atoms with E-state index in [1.807, 2.05) is 0 Å². The van der Waals surface area contributed by atoms with E-state index >= 15 is 0 Å². The summed E-state index contributed by atoms with van der Waals surface area (Å²) >= 11 is 0. The third-order valence-electron chi connectivity index (χ3n) is 3.51. The number of amides is 1. The highest BCUT2D eigenvalue weighted by Gasteiger charge is 2.43. The van der Waals surface area contributed by atoms with Crippen molar-refractivity contribution in [2.75, 3.05) is 17.2 Å². The van der Waals surface area contributed by atoms with Crippen molar-refractivity contribution in [2.45, 2.75) is 31.3 Å². The van der Waals surface area contributed by atoms with Gasteiger partial charge in [-0.3, -0.25) is 19.5 Å². The van der Waals surface area contributed by atoms with E-state index in [1.54, 1.807) is 0 Å². The first kappa shape index (κ1) is 13.0. The molecule has 108 valence electrons. The van der Waals surface area contributed by atoms with Crippen LogP contribution in [0.4, 0.5) is 11.8 Å². The summed E-state index contributed by atoms with van der Waals surface area (Å²) in [7, 11) is 0. The summed E-state index contributed by atoms with van der Waals surface area (Å²) in [4.78, 5) is 31.3. The molecular formula is C11H14N4O5. The fourth-order valence-corrected chi connectivity index (χ4v) is 2.55. The topological polar surface area (TPSA) is 142 Å². The lowest BCUT2D eigenvalue weighted by Gasteiger charge is -2.23. The maximum absolute atomic E-state index is 12.1. The first-order valence-corrected chi connectivity index (χ1v) is 6.16. The lowest BCUT2D eigenvalue weighted by molar-refractivity contribution is -0.120. The normalized spacial score (nSPS) is 29.0. The zero-order chi connectivity index (χ0) is 14.4. The number of nitrogen functional groups attached to an aromatic ring is 1. The second-order valence-corrected chi connectivity index (χ2v) is 4.81. The molecule has 9 heteroatoms. The molecule has 0 radical (unpaired) electrons. The highest BCUT2D eigenvalue weighted by atomic mass is 16.5. The van der Waals surface area contributed by atoms with Crippen LogP contribution in [-0.2, 0) is 16.0 Å². The van der Waals surface area contributed by atoms with Crippen LogP contribution in [0, 0.1) is 0 Å². The van der Waals surface area contributed by atoms with Crippen molar-refractivity contribution < 1.29 is 19.7 Å². The fraction of sp³-hybridized carbons (Fsp3) is 0.545. The molecule has 3 atom stereocenters. The predicted molar refractivity (Wildman–Crippen MR) is 66.8 cm³/mol. The van der Waals surface area contributed by atoms with Crippen LogP contribution in [0.2, 0.25) is 0 Å². The lowest BCUT2D eigenvalue weighted by Crippen LogP contribution is -2.38. The number of hydrogen-bond donors (Lipinski definition) is 4. The summed E-state index contributed by atoms with van der Waals surface area (Å²) in [6, 6.07) is 0. The van der Waals surface area contributed by atoms with E-state index in [-0.39, 0.29) is 42.7 Å². The van der Waals surface area contributed by atoms with Crippen molar-refractivity contribution >= 4 is 17.7 Å². The number of aliphatic hydroxyl groups is 2. The van der Waals surface area contributed by atoms with E-state index in [0.717, 1.165) is 0 Å². The third-order valence-corrected chi connectivity index (χ3v) is 3.51. The standard InChI is InChI=1S/C11H14N4O5/c12-11-13-9-4(10(19)14-11)1-7(18)15(9)8-2-5(17)6(3-16)20-8/h5-6,8,16-17H,1-3H2,(H3,12,13,14,19). The number of carbonyl (C=O) groups is 1. The summed E-state index contributed by atoms with van der Waals surface area (Å²) < 4.78 is 5.43. The molecule has 1 saturated heterocycles. The largest absolute Gasteiger partial charge is 0.394 e. The van der Waals surface area contributed by atoms with Crippen LogP contribution in [0.25, 0.3) is 0 Å². The van der Waals surface area contributed by atoms with E-state index in [0.29, 0.717) is 0 Å². The zero-order valence-electron chi connectivity index (χ0n) is 10.4. The molecular weight excluding hydrogens is 268 g/mol. The number of carbonyl (C=O) groups excluding carboxylic acids is 1. The third kappa shape index (κ3) is 1.87. The smallest absolute Gasteiger partial charge is 0.258 e. The molecule has 0 aromatic carbocycles. The van der Waals surface area contributed by atoms with Gasteiger partial charge >= 0.3 is 0 Å². The molecule has 1 aromatic rings. The van der Waals surface area contributed by atoms with E-state index < -0.39 is 24.0 Å². The average molecular weight is 282 g/mol.